The van der Waals surface area contributed by atoms with Gasteiger partial charge in [0.1, 0.15) is 5.82 Å². The quantitative estimate of drug-likeness (QED) is 0.275. The Morgan fingerprint density at radius 2 is 2.15 bits per heavy atom. The van der Waals surface area contributed by atoms with Crippen molar-refractivity contribution in [1.29, 1.82) is 0 Å². The van der Waals surface area contributed by atoms with Crippen LogP contribution >= 0.6 is 11.3 Å². The van der Waals surface area contributed by atoms with E-state index < -0.39 is 11.9 Å². The van der Waals surface area contributed by atoms with Crippen molar-refractivity contribution in [1.82, 2.24) is 25.5 Å². The second kappa shape index (κ2) is 10.9. The summed E-state index contributed by atoms with van der Waals surface area (Å²) in [6.45, 7) is 6.84. The summed E-state index contributed by atoms with van der Waals surface area (Å²) in [5, 5.41) is 11.7. The first-order valence-corrected chi connectivity index (χ1v) is 14.6. The molecule has 4 aromatic rings. The third kappa shape index (κ3) is 5.03. The minimum atomic E-state index is -0.524. The molecule has 206 valence electrons. The zero-order chi connectivity index (χ0) is 27.8. The summed E-state index contributed by atoms with van der Waals surface area (Å²) < 4.78 is 15.5. The molecule has 40 heavy (non-hydrogen) atoms. The molecule has 1 saturated heterocycles. The topological polar surface area (TPSA) is 104 Å². The highest BCUT2D eigenvalue weighted by atomic mass is 32.1. The van der Waals surface area contributed by atoms with E-state index in [4.69, 9.17) is 0 Å². The van der Waals surface area contributed by atoms with Crippen molar-refractivity contribution < 1.29 is 14.0 Å². The molecule has 10 heteroatoms. The van der Waals surface area contributed by atoms with E-state index in [1.807, 2.05) is 12.1 Å². The summed E-state index contributed by atoms with van der Waals surface area (Å²) in [4.78, 5) is 37.1. The number of hydrogen-bond donors (Lipinski definition) is 2. The molecule has 2 aliphatic rings. The van der Waals surface area contributed by atoms with Gasteiger partial charge in [0.2, 0.25) is 0 Å². The molecule has 2 N–H and O–H groups in total. The van der Waals surface area contributed by atoms with E-state index in [9.17, 15) is 9.59 Å². The van der Waals surface area contributed by atoms with Crippen LogP contribution in [0.15, 0.2) is 43.1 Å². The number of rotatable bonds is 8. The minimum absolute atomic E-state index is 0.0489. The van der Waals surface area contributed by atoms with Gasteiger partial charge in [-0.05, 0) is 74.3 Å². The van der Waals surface area contributed by atoms with Gasteiger partial charge in [-0.3, -0.25) is 14.7 Å². The molecular weight excluding hydrogens is 527 g/mol. The number of fused-ring (bicyclic) bond motifs is 2. The fourth-order valence-electron chi connectivity index (χ4n) is 5.79. The van der Waals surface area contributed by atoms with Crippen molar-refractivity contribution in [3.8, 4) is 11.1 Å². The second-order valence-corrected chi connectivity index (χ2v) is 11.7. The molecule has 1 amide bonds. The van der Waals surface area contributed by atoms with Crippen LogP contribution in [0.4, 0.5) is 10.2 Å². The van der Waals surface area contributed by atoms with Gasteiger partial charge < -0.3 is 10.2 Å². The monoisotopic (exact) mass is 558 g/mol. The first-order valence-electron chi connectivity index (χ1n) is 13.7. The fraction of sp³-hybridized carbons (Fsp3) is 0.367. The summed E-state index contributed by atoms with van der Waals surface area (Å²) in [5.41, 5.74) is 3.57. The average molecular weight is 559 g/mol. The lowest BCUT2D eigenvalue weighted by Gasteiger charge is -2.18. The van der Waals surface area contributed by atoms with E-state index in [1.54, 1.807) is 19.2 Å². The highest BCUT2D eigenvalue weighted by molar-refractivity contribution is 7.13. The van der Waals surface area contributed by atoms with Crippen LogP contribution in [0.25, 0.3) is 22.2 Å². The standard InChI is InChI=1S/C30H31FN6O2S/c1-3-20(38)14-18-11-13-37(16-18)28-26-22(10-12-32-27(26)35-36-28)19-8-9-21(23(31)15-19)17(2)33-29(39)30-34-24-6-4-5-7-25(24)40-30/h3,8-10,12,15,17-18H,1,4-7,11,13-14,16H2,2H3,(H,33,39)(H,32,35,36)/t17-,18+/m1/s1. The maximum absolute atomic E-state index is 15.5. The van der Waals surface area contributed by atoms with E-state index in [1.165, 1.54) is 28.4 Å². The summed E-state index contributed by atoms with van der Waals surface area (Å²) >= 11 is 1.45. The van der Waals surface area contributed by atoms with Crippen LogP contribution < -0.4 is 10.2 Å². The number of carbonyl (C=O) groups excluding carboxylic acids is 2. The van der Waals surface area contributed by atoms with E-state index in [0.29, 0.717) is 34.7 Å². The molecule has 0 bridgehead atoms. The normalized spacial score (nSPS) is 17.6. The van der Waals surface area contributed by atoms with Crippen molar-refractivity contribution in [2.45, 2.75) is 51.5 Å². The van der Waals surface area contributed by atoms with E-state index in [0.717, 1.165) is 61.1 Å². The van der Waals surface area contributed by atoms with Gasteiger partial charge in [0.15, 0.2) is 22.3 Å². The Bertz CT molecular complexity index is 1590. The third-order valence-corrected chi connectivity index (χ3v) is 9.07. The Morgan fingerprint density at radius 1 is 1.30 bits per heavy atom. The number of ketones is 1. The largest absolute Gasteiger partial charge is 0.354 e. The van der Waals surface area contributed by atoms with Gasteiger partial charge in [-0.25, -0.2) is 14.4 Å². The van der Waals surface area contributed by atoms with Gasteiger partial charge in [0.05, 0.1) is 17.1 Å². The van der Waals surface area contributed by atoms with Gasteiger partial charge in [0, 0.05) is 36.1 Å². The van der Waals surface area contributed by atoms with Gasteiger partial charge >= 0.3 is 0 Å². The maximum Gasteiger partial charge on any atom is 0.280 e. The number of hydrogen-bond acceptors (Lipinski definition) is 7. The first kappa shape index (κ1) is 26.3. The van der Waals surface area contributed by atoms with Gasteiger partial charge in [-0.1, -0.05) is 18.7 Å². The first-order chi connectivity index (χ1) is 19.4. The number of carbonyl (C=O) groups is 2. The van der Waals surface area contributed by atoms with Crippen molar-refractivity contribution >= 4 is 39.9 Å². The number of thiazole rings is 1. The Labute approximate surface area is 235 Å². The number of aromatic nitrogens is 4. The summed E-state index contributed by atoms with van der Waals surface area (Å²) in [6, 6.07) is 6.43. The molecule has 1 aliphatic heterocycles. The molecule has 1 aromatic carbocycles. The van der Waals surface area contributed by atoms with Crippen LogP contribution in [0.3, 0.4) is 0 Å². The number of aryl methyl sites for hydroxylation is 2. The SMILES string of the molecule is C=CC(=O)C[C@@H]1CCN(c2n[nH]c3nccc(-c4ccc([C@@H](C)NC(=O)c5nc6c(s5)CCCC6)c(F)c4)c23)C1. The summed E-state index contributed by atoms with van der Waals surface area (Å²) in [6.07, 6.45) is 8.54. The maximum atomic E-state index is 15.5. The van der Waals surface area contributed by atoms with Crippen LogP contribution in [-0.2, 0) is 17.6 Å². The highest BCUT2D eigenvalue weighted by Crippen LogP contribution is 2.37. The Kier molecular flexibility index (Phi) is 7.18. The van der Waals surface area contributed by atoms with Gasteiger partial charge in [-0.2, -0.15) is 5.10 Å². The van der Waals surface area contributed by atoms with Gasteiger partial charge in [-0.15, -0.1) is 11.3 Å². The second-order valence-electron chi connectivity index (χ2n) is 10.6. The predicted octanol–water partition coefficient (Wildman–Crippen LogP) is 5.56. The molecular formula is C30H31FN6O2S. The van der Waals surface area contributed by atoms with Crippen LogP contribution in [0, 0.1) is 11.7 Å². The zero-order valence-electron chi connectivity index (χ0n) is 22.4. The minimum Gasteiger partial charge on any atom is -0.354 e. The number of nitrogens with zero attached hydrogens (tertiary/aromatic N) is 4. The number of H-pyrrole nitrogens is 1. The number of halogens is 1. The lowest BCUT2D eigenvalue weighted by molar-refractivity contribution is -0.115. The third-order valence-electron chi connectivity index (χ3n) is 7.91. The number of pyridine rings is 1. The summed E-state index contributed by atoms with van der Waals surface area (Å²) in [7, 11) is 0. The molecule has 0 saturated carbocycles. The van der Waals surface area contributed by atoms with Crippen LogP contribution in [0.5, 0.6) is 0 Å². The van der Waals surface area contributed by atoms with Gasteiger partial charge in [0.25, 0.3) is 5.91 Å². The molecule has 1 aliphatic carbocycles. The molecule has 0 unspecified atom stereocenters. The molecule has 1 fully saturated rings. The van der Waals surface area contributed by atoms with Crippen LogP contribution in [0.1, 0.15) is 64.6 Å². The average Bonchev–Trinajstić information content (AvgIpc) is 3.70. The number of allylic oxidation sites excluding steroid dienone is 1. The highest BCUT2D eigenvalue weighted by Gasteiger charge is 2.28. The number of anilines is 1. The fourth-order valence-corrected chi connectivity index (χ4v) is 6.85. The van der Waals surface area contributed by atoms with Crippen molar-refractivity contribution in [2.75, 3.05) is 18.0 Å². The lowest BCUT2D eigenvalue weighted by Crippen LogP contribution is -2.27. The lowest BCUT2D eigenvalue weighted by atomic mass is 9.99. The van der Waals surface area contributed by atoms with E-state index >= 15 is 4.39 Å². The Balaban J connectivity index is 1.23. The van der Waals surface area contributed by atoms with Crippen molar-refractivity contribution in [3.05, 3.63) is 70.1 Å². The van der Waals surface area contributed by atoms with Crippen molar-refractivity contribution in [2.24, 2.45) is 5.92 Å². The molecule has 8 nitrogen and oxygen atoms in total. The molecule has 2 atom stereocenters. The van der Waals surface area contributed by atoms with Crippen LogP contribution in [0.2, 0.25) is 0 Å². The smallest absolute Gasteiger partial charge is 0.280 e. The number of amides is 1. The molecule has 4 heterocycles. The number of nitrogens with one attached hydrogen (secondary N) is 2. The zero-order valence-corrected chi connectivity index (χ0v) is 23.2. The number of benzene rings is 1. The Morgan fingerprint density at radius 3 is 2.95 bits per heavy atom. The number of aromatic amines is 1. The molecule has 0 radical (unpaired) electrons. The van der Waals surface area contributed by atoms with Crippen molar-refractivity contribution in [3.63, 3.8) is 0 Å². The Hall–Kier alpha value is -3.92. The molecule has 3 aromatic heterocycles. The molecule has 0 spiro atoms. The molecule has 6 rings (SSSR count). The van der Waals surface area contributed by atoms with E-state index in [2.05, 4.69) is 37.0 Å². The predicted molar refractivity (Wildman–Crippen MR) is 154 cm³/mol. The van der Waals surface area contributed by atoms with E-state index in [-0.39, 0.29) is 17.6 Å². The summed E-state index contributed by atoms with van der Waals surface area (Å²) in [5.74, 6) is 0.368. The van der Waals surface area contributed by atoms with Crippen LogP contribution in [-0.4, -0.2) is 44.9 Å².